The summed E-state index contributed by atoms with van der Waals surface area (Å²) < 4.78 is 13.8. The summed E-state index contributed by atoms with van der Waals surface area (Å²) in [6, 6.07) is 52.6. The van der Waals surface area contributed by atoms with E-state index < -0.39 is 47.3 Å². The number of rotatable bonds is 12. The van der Waals surface area contributed by atoms with Crippen LogP contribution in [-0.4, -0.2) is 116 Å². The van der Waals surface area contributed by atoms with Gasteiger partial charge >= 0.3 is 0 Å². The molecule has 6 aliphatic heterocycles. The quantitative estimate of drug-likeness (QED) is 0.0655. The number of hydrogen-bond acceptors (Lipinski definition) is 14. The Hall–Kier alpha value is -14.9. The molecule has 6 heterocycles. The molecule has 20 nitrogen and oxygen atoms in total. The molecule has 23 rings (SSSR count). The van der Waals surface area contributed by atoms with Crippen molar-refractivity contribution in [2.75, 3.05) is 13.1 Å². The molecule has 6 aliphatic rings. The van der Waals surface area contributed by atoms with Gasteiger partial charge in [0.15, 0.2) is 0 Å². The van der Waals surface area contributed by atoms with Crippen LogP contribution in [0.2, 0.25) is 0 Å². The third kappa shape index (κ3) is 8.28. The number of carbonyl (C=O) groups is 12. The van der Waals surface area contributed by atoms with Crippen molar-refractivity contribution in [1.82, 2.24) is 30.2 Å². The van der Waals surface area contributed by atoms with Crippen LogP contribution >= 0.6 is 0 Å². The Kier molecular flexibility index (Phi) is 12.8. The first-order chi connectivity index (χ1) is 55.2. The predicted molar refractivity (Wildman–Crippen MR) is 429 cm³/mol. The van der Waals surface area contributed by atoms with Gasteiger partial charge in [0, 0.05) is 135 Å². The number of imide groups is 6. The maximum atomic E-state index is 14.7. The largest absolute Gasteiger partial charge is 0.457 e. The second-order valence-electron chi connectivity index (χ2n) is 30.9. The maximum absolute atomic E-state index is 14.7. The lowest BCUT2D eigenvalue weighted by atomic mass is 9.82. The molecule has 0 spiro atoms. The normalized spacial score (nSPS) is 15.4. The lowest BCUT2D eigenvalue weighted by molar-refractivity contribution is 0.0547. The highest BCUT2D eigenvalue weighted by atomic mass is 16.5. The maximum Gasteiger partial charge on any atom is 0.261 e. The molecule has 17 aromatic carbocycles. The zero-order valence-corrected chi connectivity index (χ0v) is 60.8. The predicted octanol–water partition coefficient (Wildman–Crippen LogP) is 16.9. The van der Waals surface area contributed by atoms with Gasteiger partial charge in [0.05, 0.1) is 11.1 Å². The number of benzene rings is 17. The van der Waals surface area contributed by atoms with Gasteiger partial charge in [0.1, 0.15) is 23.0 Å². The average Bonchev–Trinajstić information content (AvgIpc) is 0.688. The summed E-state index contributed by atoms with van der Waals surface area (Å²) >= 11 is 0. The molecule has 0 fully saturated rings. The van der Waals surface area contributed by atoms with Gasteiger partial charge in [-0.05, 0) is 224 Å². The minimum absolute atomic E-state index is 0.0333. The fourth-order valence-electron chi connectivity index (χ4n) is 19.6. The molecule has 0 aromatic heterocycles. The van der Waals surface area contributed by atoms with Gasteiger partial charge in [-0.1, -0.05) is 84.9 Å². The molecule has 0 unspecified atom stereocenters. The van der Waals surface area contributed by atoms with Gasteiger partial charge in [-0.3, -0.25) is 87.8 Å². The first kappa shape index (κ1) is 65.0. The van der Waals surface area contributed by atoms with Crippen LogP contribution in [0, 0.1) is 0 Å². The van der Waals surface area contributed by atoms with Crippen molar-refractivity contribution in [2.45, 2.75) is 52.6 Å². The minimum Gasteiger partial charge on any atom is -0.457 e. The van der Waals surface area contributed by atoms with Gasteiger partial charge in [-0.25, -0.2) is 0 Å². The van der Waals surface area contributed by atoms with Gasteiger partial charge < -0.3 is 9.47 Å². The number of nitrogens with one attached hydrogen (secondary N) is 2. The lowest BCUT2D eigenvalue weighted by Gasteiger charge is -2.31. The zero-order valence-electron chi connectivity index (χ0n) is 60.8. The van der Waals surface area contributed by atoms with Crippen molar-refractivity contribution >= 4 is 200 Å². The van der Waals surface area contributed by atoms with E-state index in [0.717, 1.165) is 75.8 Å². The van der Waals surface area contributed by atoms with Crippen LogP contribution in [0.3, 0.4) is 0 Å². The SMILES string of the molecule is CC(C)N1C(=O)c2ccc3c4ccc5c6c(ccc(c7ccc(c2c37)C1=O)c64)C(=O)N(CCc1ccc(Oc2cc3c4c(ccc6c7c(Oc8ccc(CCN9C(=O)c%10ccc%11c%12ccc%13c%14c(ccc(c%15ccc(c%10c%11%15)C9=O)c%14%12)C(=O)N(C(C)C)C%13=O)cc8)cc8c9c(ccc(c2c46)c97)C(=O)NC8=O)C(=O)NC3=O)cc1)C5=O. The molecule has 2 N–H and O–H groups in total. The number of nitrogens with zero attached hydrogens (tertiary/aromatic N) is 4. The monoisotopic (exact) mass is 1490 g/mol. The summed E-state index contributed by atoms with van der Waals surface area (Å²) in [5, 5.41) is 20.2. The summed E-state index contributed by atoms with van der Waals surface area (Å²) in [4.78, 5) is 175. The third-order valence-corrected chi connectivity index (χ3v) is 24.6. The van der Waals surface area contributed by atoms with E-state index >= 15 is 0 Å². The van der Waals surface area contributed by atoms with Crippen LogP contribution < -0.4 is 20.1 Å². The minimum atomic E-state index is -0.662. The van der Waals surface area contributed by atoms with E-state index in [0.29, 0.717) is 121 Å². The molecule has 544 valence electrons. The molecule has 0 aliphatic carbocycles. The molecule has 0 saturated carbocycles. The van der Waals surface area contributed by atoms with Gasteiger partial charge in [0.2, 0.25) is 0 Å². The Morgan fingerprint density at radius 1 is 0.246 bits per heavy atom. The van der Waals surface area contributed by atoms with Crippen molar-refractivity contribution in [3.8, 4) is 23.0 Å². The second-order valence-corrected chi connectivity index (χ2v) is 30.9. The van der Waals surface area contributed by atoms with Crippen molar-refractivity contribution in [2.24, 2.45) is 0 Å². The van der Waals surface area contributed by atoms with Gasteiger partial charge in [-0.2, -0.15) is 0 Å². The molecular weight excluding hydrogens is 1440 g/mol. The molecule has 0 saturated heterocycles. The van der Waals surface area contributed by atoms with Gasteiger partial charge in [0.25, 0.3) is 70.9 Å². The molecule has 114 heavy (non-hydrogen) atoms. The third-order valence-electron chi connectivity index (χ3n) is 24.6. The number of carbonyl (C=O) groups excluding carboxylic acids is 12. The van der Waals surface area contributed by atoms with E-state index in [1.54, 1.807) is 109 Å². The average molecular weight is 1490 g/mol. The van der Waals surface area contributed by atoms with E-state index in [1.165, 1.54) is 19.6 Å². The first-order valence-electron chi connectivity index (χ1n) is 37.6. The number of hydrogen-bond donors (Lipinski definition) is 2. The van der Waals surface area contributed by atoms with Crippen LogP contribution in [0.1, 0.15) is 163 Å². The van der Waals surface area contributed by atoms with Crippen LogP contribution in [0.15, 0.2) is 182 Å². The molecule has 0 bridgehead atoms. The van der Waals surface area contributed by atoms with Crippen molar-refractivity contribution < 1.29 is 67.0 Å². The lowest BCUT2D eigenvalue weighted by Crippen LogP contribution is -2.44. The summed E-state index contributed by atoms with van der Waals surface area (Å²) in [7, 11) is 0. The highest BCUT2D eigenvalue weighted by Crippen LogP contribution is 2.54. The number of fused-ring (bicyclic) bond motifs is 6. The van der Waals surface area contributed by atoms with E-state index in [1.807, 2.05) is 100 Å². The van der Waals surface area contributed by atoms with Gasteiger partial charge in [-0.15, -0.1) is 0 Å². The first-order valence-corrected chi connectivity index (χ1v) is 37.6. The van der Waals surface area contributed by atoms with E-state index in [-0.39, 0.29) is 95.4 Å². The Labute approximate surface area is 642 Å². The molecule has 0 atom stereocenters. The number of amides is 12. The standard InChI is InChI=1S/C94H54N6O14/c1-39(2)99-91(109)61-29-17-49-45-13-25-57-75-58(26-14-46(69(45)75)50-18-30-62(92(99)110)77(61)71(49)50)88(106)97(87(57)105)35-33-41-5-9-43(10-6-41)113-67-37-65-73-55(83(101)95-85(65)103)24-22-54-80-68(38-66-74-56(84(102)96-86(66)104)23-21-53(82(74)80)79(67)81(54)73)114-44-11-7-42(8-12-44)34-36-98-89(107)59-27-15-47-51-19-31-63-78-64(94(112)100(40(3)4)93(63)111)32-20-52(72(51)78)48-16-28-60(90(98)108)76(59)70(47)48/h5-32,37-40H,33-36H2,1-4H3,(H,95,101,103)(H,96,102,104). The van der Waals surface area contributed by atoms with E-state index in [2.05, 4.69) is 10.6 Å². The number of ether oxygens (including phenoxy) is 2. The highest BCUT2D eigenvalue weighted by molar-refractivity contribution is 6.46. The van der Waals surface area contributed by atoms with Crippen molar-refractivity contribution in [3.05, 3.63) is 260 Å². The van der Waals surface area contributed by atoms with Crippen molar-refractivity contribution in [1.29, 1.82) is 0 Å². The van der Waals surface area contributed by atoms with Crippen molar-refractivity contribution in [3.63, 3.8) is 0 Å². The Bertz CT molecular complexity index is 7010. The highest BCUT2D eigenvalue weighted by Gasteiger charge is 2.42. The van der Waals surface area contributed by atoms with E-state index in [9.17, 15) is 57.5 Å². The Morgan fingerprint density at radius 2 is 0.482 bits per heavy atom. The van der Waals surface area contributed by atoms with Crippen LogP contribution in [0.25, 0.3) is 129 Å². The summed E-state index contributed by atoms with van der Waals surface area (Å²) in [6.07, 6.45) is 0.533. The van der Waals surface area contributed by atoms with Crippen LogP contribution in [0.5, 0.6) is 23.0 Å². The summed E-state index contributed by atoms with van der Waals surface area (Å²) in [6.45, 7) is 7.31. The second kappa shape index (κ2) is 22.4. The molecule has 0 radical (unpaired) electrons. The fourth-order valence-corrected chi connectivity index (χ4v) is 19.6. The molecule has 17 aromatic rings. The smallest absolute Gasteiger partial charge is 0.261 e. The fraction of sp³-hybridized carbons (Fsp3) is 0.106. The topological polar surface area (TPSA) is 260 Å². The molecule has 20 heteroatoms. The van der Waals surface area contributed by atoms with Crippen LogP contribution in [0.4, 0.5) is 0 Å². The zero-order chi connectivity index (χ0) is 77.5. The van der Waals surface area contributed by atoms with E-state index in [4.69, 9.17) is 9.47 Å². The Balaban J connectivity index is 0.548. The Morgan fingerprint density at radius 3 is 0.754 bits per heavy atom. The summed E-state index contributed by atoms with van der Waals surface area (Å²) in [5.74, 6) is -4.67. The molecule has 12 amide bonds. The van der Waals surface area contributed by atoms with Crippen LogP contribution in [-0.2, 0) is 12.8 Å². The summed E-state index contributed by atoms with van der Waals surface area (Å²) in [5.41, 5.74) is 5.54. The molecular formula is C94H54N6O14.